The molecule has 0 aliphatic carbocycles. The van der Waals surface area contributed by atoms with Crippen LogP contribution in [-0.2, 0) is 11.3 Å². The summed E-state index contributed by atoms with van der Waals surface area (Å²) in [7, 11) is 1.62. The van der Waals surface area contributed by atoms with Crippen LogP contribution in [0.1, 0.15) is 21.9 Å². The average molecular weight is 458 g/mol. The van der Waals surface area contributed by atoms with Crippen LogP contribution in [0.15, 0.2) is 52.4 Å². The number of ether oxygens (including phenoxy) is 2. The number of aromatic nitrogens is 3. The Hall–Kier alpha value is -2.71. The van der Waals surface area contributed by atoms with E-state index in [1.807, 2.05) is 53.1 Å². The minimum absolute atomic E-state index is 0.0819. The Labute approximate surface area is 173 Å². The minimum atomic E-state index is -0.474. The molecule has 0 bridgehead atoms. The van der Waals surface area contributed by atoms with Gasteiger partial charge in [-0.25, -0.2) is 14.8 Å². The molecule has 0 amide bonds. The highest BCUT2D eigenvalue weighted by Crippen LogP contribution is 2.34. The van der Waals surface area contributed by atoms with E-state index in [0.717, 1.165) is 26.5 Å². The predicted octanol–water partition coefficient (Wildman–Crippen LogP) is 4.89. The van der Waals surface area contributed by atoms with Crippen LogP contribution in [0, 0.1) is 6.92 Å². The van der Waals surface area contributed by atoms with Gasteiger partial charge in [-0.2, -0.15) is 0 Å². The maximum absolute atomic E-state index is 12.4. The highest BCUT2D eigenvalue weighted by atomic mass is 79.9. The highest BCUT2D eigenvalue weighted by molar-refractivity contribution is 9.10. The number of hydrogen-bond donors (Lipinski definition) is 0. The van der Waals surface area contributed by atoms with E-state index in [-0.39, 0.29) is 12.3 Å². The maximum Gasteiger partial charge on any atom is 0.358 e. The molecule has 0 atom stereocenters. The molecule has 0 saturated heterocycles. The van der Waals surface area contributed by atoms with Crippen LogP contribution in [0.25, 0.3) is 16.2 Å². The van der Waals surface area contributed by atoms with Gasteiger partial charge in [-0.3, -0.25) is 0 Å². The van der Waals surface area contributed by atoms with E-state index < -0.39 is 5.97 Å². The number of carbonyl (C=O) groups is 1. The van der Waals surface area contributed by atoms with Gasteiger partial charge in [0.25, 0.3) is 0 Å². The van der Waals surface area contributed by atoms with Gasteiger partial charge in [0.2, 0.25) is 0 Å². The SMILES string of the molecule is COc1ccc(Br)cc1-c1nc(COC(=O)c2cn3c(C)cccc3n2)cs1. The van der Waals surface area contributed by atoms with E-state index >= 15 is 0 Å². The lowest BCUT2D eigenvalue weighted by atomic mass is 10.2. The lowest BCUT2D eigenvalue weighted by Crippen LogP contribution is -2.05. The Balaban J connectivity index is 1.49. The number of fused-ring (bicyclic) bond motifs is 1. The summed E-state index contributed by atoms with van der Waals surface area (Å²) >= 11 is 4.94. The first-order valence-corrected chi connectivity index (χ1v) is 10.1. The van der Waals surface area contributed by atoms with E-state index in [1.54, 1.807) is 13.3 Å². The summed E-state index contributed by atoms with van der Waals surface area (Å²) < 4.78 is 13.6. The van der Waals surface area contributed by atoms with E-state index in [1.165, 1.54) is 11.3 Å². The van der Waals surface area contributed by atoms with Crippen LogP contribution >= 0.6 is 27.3 Å². The third-order valence-corrected chi connectivity index (χ3v) is 5.62. The van der Waals surface area contributed by atoms with Crippen molar-refractivity contribution in [2.45, 2.75) is 13.5 Å². The Morgan fingerprint density at radius 1 is 1.25 bits per heavy atom. The van der Waals surface area contributed by atoms with Crippen molar-refractivity contribution in [3.63, 3.8) is 0 Å². The van der Waals surface area contributed by atoms with Crippen molar-refractivity contribution < 1.29 is 14.3 Å². The fraction of sp³-hybridized carbons (Fsp3) is 0.150. The molecule has 0 saturated carbocycles. The fourth-order valence-corrected chi connectivity index (χ4v) is 3.99. The molecule has 4 aromatic rings. The second kappa shape index (κ2) is 7.73. The number of pyridine rings is 1. The third-order valence-electron chi connectivity index (χ3n) is 4.20. The lowest BCUT2D eigenvalue weighted by Gasteiger charge is -2.06. The molecule has 1 aromatic carbocycles. The molecular weight excluding hydrogens is 442 g/mol. The third kappa shape index (κ3) is 3.65. The summed E-state index contributed by atoms with van der Waals surface area (Å²) in [4.78, 5) is 21.3. The number of thiazole rings is 1. The number of rotatable bonds is 5. The monoisotopic (exact) mass is 457 g/mol. The first-order chi connectivity index (χ1) is 13.5. The van der Waals surface area contributed by atoms with Gasteiger partial charge in [-0.1, -0.05) is 22.0 Å². The van der Waals surface area contributed by atoms with Gasteiger partial charge < -0.3 is 13.9 Å². The molecule has 0 N–H and O–H groups in total. The van der Waals surface area contributed by atoms with E-state index in [2.05, 4.69) is 25.9 Å². The number of imidazole rings is 1. The zero-order chi connectivity index (χ0) is 19.7. The zero-order valence-electron chi connectivity index (χ0n) is 15.2. The van der Waals surface area contributed by atoms with Gasteiger partial charge in [0.1, 0.15) is 23.0 Å². The first kappa shape index (κ1) is 18.6. The molecule has 4 rings (SSSR count). The van der Waals surface area contributed by atoms with Gasteiger partial charge in [0, 0.05) is 21.7 Å². The predicted molar refractivity (Wildman–Crippen MR) is 111 cm³/mol. The van der Waals surface area contributed by atoms with Crippen LogP contribution in [0.4, 0.5) is 0 Å². The van der Waals surface area contributed by atoms with Crippen molar-refractivity contribution >= 4 is 38.9 Å². The molecule has 0 aliphatic heterocycles. The van der Waals surface area contributed by atoms with Gasteiger partial charge in [-0.05, 0) is 37.3 Å². The fourth-order valence-electron chi connectivity index (χ4n) is 2.80. The molecule has 0 spiro atoms. The number of aryl methyl sites for hydroxylation is 1. The molecule has 142 valence electrons. The first-order valence-electron chi connectivity index (χ1n) is 8.45. The van der Waals surface area contributed by atoms with E-state index in [4.69, 9.17) is 9.47 Å². The van der Waals surface area contributed by atoms with Crippen LogP contribution < -0.4 is 4.74 Å². The van der Waals surface area contributed by atoms with Crippen LogP contribution in [0.5, 0.6) is 5.75 Å². The van der Waals surface area contributed by atoms with Crippen molar-refractivity contribution in [2.75, 3.05) is 7.11 Å². The van der Waals surface area contributed by atoms with Crippen molar-refractivity contribution in [1.82, 2.24) is 14.4 Å². The maximum atomic E-state index is 12.4. The summed E-state index contributed by atoms with van der Waals surface area (Å²) in [5.41, 5.74) is 3.55. The Kier molecular flexibility index (Phi) is 5.15. The van der Waals surface area contributed by atoms with E-state index in [0.29, 0.717) is 11.3 Å². The minimum Gasteiger partial charge on any atom is -0.496 e. The lowest BCUT2D eigenvalue weighted by molar-refractivity contribution is 0.0462. The van der Waals surface area contributed by atoms with Gasteiger partial charge in [0.05, 0.1) is 18.4 Å². The number of nitrogens with zero attached hydrogens (tertiary/aromatic N) is 3. The summed E-state index contributed by atoms with van der Waals surface area (Å²) in [6.07, 6.45) is 1.69. The smallest absolute Gasteiger partial charge is 0.358 e. The molecule has 0 unspecified atom stereocenters. The van der Waals surface area contributed by atoms with Gasteiger partial charge >= 0.3 is 5.97 Å². The van der Waals surface area contributed by atoms with Crippen LogP contribution in [0.3, 0.4) is 0 Å². The second-order valence-corrected chi connectivity index (χ2v) is 7.86. The Morgan fingerprint density at radius 2 is 2.11 bits per heavy atom. The molecule has 6 nitrogen and oxygen atoms in total. The Bertz CT molecular complexity index is 1170. The molecule has 0 fully saturated rings. The second-order valence-electron chi connectivity index (χ2n) is 6.09. The van der Waals surface area contributed by atoms with Crippen molar-refractivity contribution in [1.29, 1.82) is 0 Å². The van der Waals surface area contributed by atoms with Crippen molar-refractivity contribution in [2.24, 2.45) is 0 Å². The molecule has 28 heavy (non-hydrogen) atoms. The van der Waals surface area contributed by atoms with Crippen LogP contribution in [0.2, 0.25) is 0 Å². The van der Waals surface area contributed by atoms with Gasteiger partial charge in [0.15, 0.2) is 5.69 Å². The molecule has 3 aromatic heterocycles. The summed E-state index contributed by atoms with van der Waals surface area (Å²) in [5.74, 6) is 0.263. The molecule has 0 aliphatic rings. The van der Waals surface area contributed by atoms with E-state index in [9.17, 15) is 4.79 Å². The quantitative estimate of drug-likeness (QED) is 0.399. The Morgan fingerprint density at radius 3 is 2.89 bits per heavy atom. The van der Waals surface area contributed by atoms with Crippen molar-refractivity contribution in [3.8, 4) is 16.3 Å². The normalized spacial score (nSPS) is 11.0. The summed E-state index contributed by atoms with van der Waals surface area (Å²) in [5, 5.41) is 2.67. The van der Waals surface area contributed by atoms with Crippen LogP contribution in [-0.4, -0.2) is 27.4 Å². The number of esters is 1. The molecular formula is C20H16BrN3O3S. The largest absolute Gasteiger partial charge is 0.496 e. The number of halogens is 1. The highest BCUT2D eigenvalue weighted by Gasteiger charge is 2.15. The topological polar surface area (TPSA) is 65.7 Å². The zero-order valence-corrected chi connectivity index (χ0v) is 17.6. The number of hydrogen-bond acceptors (Lipinski definition) is 6. The molecule has 8 heteroatoms. The average Bonchev–Trinajstić information content (AvgIpc) is 3.34. The molecule has 3 heterocycles. The van der Waals surface area contributed by atoms with Crippen molar-refractivity contribution in [3.05, 3.63) is 69.5 Å². The number of benzene rings is 1. The standard InChI is InChI=1S/C20H16BrN3O3S/c1-12-4-3-5-18-23-16(9-24(12)18)20(25)27-10-14-11-28-19(22-14)15-8-13(21)6-7-17(15)26-2/h3-9,11H,10H2,1-2H3. The summed E-state index contributed by atoms with van der Waals surface area (Å²) in [6.45, 7) is 2.04. The number of methoxy groups -OCH3 is 1. The number of carbonyl (C=O) groups excluding carboxylic acids is 1. The van der Waals surface area contributed by atoms with Gasteiger partial charge in [-0.15, -0.1) is 11.3 Å². The summed E-state index contributed by atoms with van der Waals surface area (Å²) in [6, 6.07) is 11.5. The molecule has 0 radical (unpaired) electrons.